The third kappa shape index (κ3) is 5.38. The molecule has 0 spiro atoms. The van der Waals surface area contributed by atoms with Crippen molar-refractivity contribution in [1.82, 2.24) is 4.90 Å². The van der Waals surface area contributed by atoms with Crippen LogP contribution in [0.3, 0.4) is 0 Å². The van der Waals surface area contributed by atoms with E-state index in [1.165, 1.54) is 23.4 Å². The van der Waals surface area contributed by atoms with Crippen LogP contribution >= 0.6 is 0 Å². The molecule has 1 aliphatic heterocycles. The molecule has 0 bridgehead atoms. The first kappa shape index (κ1) is 21.4. The van der Waals surface area contributed by atoms with E-state index in [1.807, 2.05) is 61.2 Å². The van der Waals surface area contributed by atoms with E-state index in [4.69, 9.17) is 0 Å². The molecule has 1 heterocycles. The van der Waals surface area contributed by atoms with Crippen molar-refractivity contribution in [2.45, 2.75) is 46.1 Å². The monoisotopic (exact) mass is 414 g/mol. The number of anilines is 1. The predicted molar refractivity (Wildman–Crippen MR) is 118 cm³/mol. The Morgan fingerprint density at radius 3 is 2.17 bits per heavy atom. The molecule has 1 amide bonds. The van der Waals surface area contributed by atoms with Crippen molar-refractivity contribution in [3.05, 3.63) is 64.7 Å². The summed E-state index contributed by atoms with van der Waals surface area (Å²) in [4.78, 5) is 14.7. The van der Waals surface area contributed by atoms with Crippen LogP contribution in [0.25, 0.3) is 0 Å². The number of sulfonamides is 1. The Labute approximate surface area is 174 Å². The summed E-state index contributed by atoms with van der Waals surface area (Å²) in [7, 11) is -3.44. The van der Waals surface area contributed by atoms with Gasteiger partial charge in [0.1, 0.15) is 0 Å². The van der Waals surface area contributed by atoms with Gasteiger partial charge in [0, 0.05) is 18.7 Å². The summed E-state index contributed by atoms with van der Waals surface area (Å²) in [6, 6.07) is 13.1. The molecule has 0 N–H and O–H groups in total. The van der Waals surface area contributed by atoms with Gasteiger partial charge in [-0.3, -0.25) is 9.10 Å². The number of benzene rings is 2. The molecular formula is C23H30N2O3S. The van der Waals surface area contributed by atoms with Gasteiger partial charge in [-0.25, -0.2) is 8.42 Å². The van der Waals surface area contributed by atoms with Gasteiger partial charge in [0.2, 0.25) is 10.0 Å². The van der Waals surface area contributed by atoms with E-state index in [9.17, 15) is 13.2 Å². The highest BCUT2D eigenvalue weighted by Crippen LogP contribution is 2.26. The summed E-state index contributed by atoms with van der Waals surface area (Å²) >= 11 is 0. The van der Waals surface area contributed by atoms with Gasteiger partial charge in [-0.1, -0.05) is 37.1 Å². The lowest BCUT2D eigenvalue weighted by Gasteiger charge is -2.25. The zero-order valence-electron chi connectivity index (χ0n) is 17.5. The summed E-state index contributed by atoms with van der Waals surface area (Å²) in [6.07, 6.45) is 5.71. The van der Waals surface area contributed by atoms with Crippen molar-refractivity contribution in [1.29, 1.82) is 0 Å². The molecular weight excluding hydrogens is 384 g/mol. The SMILES string of the molecule is Cc1ccc(C)c(N(Cc2ccc(C(=O)N3CCCCCC3)cc2)S(C)(=O)=O)c1. The summed E-state index contributed by atoms with van der Waals surface area (Å²) in [6.45, 7) is 5.73. The van der Waals surface area contributed by atoms with Crippen LogP contribution in [-0.4, -0.2) is 38.6 Å². The highest BCUT2D eigenvalue weighted by Gasteiger charge is 2.21. The average molecular weight is 415 g/mol. The first-order chi connectivity index (χ1) is 13.8. The van der Waals surface area contributed by atoms with Crippen LogP contribution in [0.15, 0.2) is 42.5 Å². The van der Waals surface area contributed by atoms with Gasteiger partial charge in [0.15, 0.2) is 0 Å². The zero-order valence-corrected chi connectivity index (χ0v) is 18.3. The molecule has 0 unspecified atom stereocenters. The molecule has 0 aromatic heterocycles. The van der Waals surface area contributed by atoms with Crippen LogP contribution in [0.1, 0.15) is 52.7 Å². The molecule has 2 aromatic rings. The fourth-order valence-electron chi connectivity index (χ4n) is 3.74. The van der Waals surface area contributed by atoms with Crippen LogP contribution in [0.4, 0.5) is 5.69 Å². The maximum atomic E-state index is 12.8. The molecule has 29 heavy (non-hydrogen) atoms. The molecule has 0 saturated carbocycles. The Morgan fingerprint density at radius 1 is 0.966 bits per heavy atom. The van der Waals surface area contributed by atoms with Gasteiger partial charge in [0.05, 0.1) is 18.5 Å². The second-order valence-electron chi connectivity index (χ2n) is 7.96. The first-order valence-corrected chi connectivity index (χ1v) is 12.0. The summed E-state index contributed by atoms with van der Waals surface area (Å²) in [5.41, 5.74) is 4.13. The number of carbonyl (C=O) groups is 1. The van der Waals surface area contributed by atoms with Crippen molar-refractivity contribution in [2.75, 3.05) is 23.7 Å². The lowest BCUT2D eigenvalue weighted by atomic mass is 10.1. The molecule has 0 radical (unpaired) electrons. The predicted octanol–water partition coefficient (Wildman–Crippen LogP) is 4.29. The number of aryl methyl sites for hydroxylation is 2. The van der Waals surface area contributed by atoms with Gasteiger partial charge in [0.25, 0.3) is 5.91 Å². The Balaban J connectivity index is 1.81. The number of rotatable bonds is 5. The maximum Gasteiger partial charge on any atom is 0.253 e. The average Bonchev–Trinajstić information content (AvgIpc) is 2.97. The summed E-state index contributed by atoms with van der Waals surface area (Å²) in [5.74, 6) is 0.0629. The van der Waals surface area contributed by atoms with E-state index in [0.717, 1.165) is 42.6 Å². The second-order valence-corrected chi connectivity index (χ2v) is 9.87. The minimum atomic E-state index is -3.44. The largest absolute Gasteiger partial charge is 0.339 e. The van der Waals surface area contributed by atoms with Gasteiger partial charge >= 0.3 is 0 Å². The minimum Gasteiger partial charge on any atom is -0.339 e. The van der Waals surface area contributed by atoms with Gasteiger partial charge in [-0.15, -0.1) is 0 Å². The molecule has 2 aromatic carbocycles. The van der Waals surface area contributed by atoms with E-state index in [0.29, 0.717) is 11.3 Å². The van der Waals surface area contributed by atoms with Crippen LogP contribution in [0.2, 0.25) is 0 Å². The quantitative estimate of drug-likeness (QED) is 0.733. The van der Waals surface area contributed by atoms with Crippen LogP contribution in [0.5, 0.6) is 0 Å². The van der Waals surface area contributed by atoms with Gasteiger partial charge in [-0.05, 0) is 61.6 Å². The lowest BCUT2D eigenvalue weighted by molar-refractivity contribution is 0.0761. The normalized spacial score (nSPS) is 15.1. The molecule has 0 atom stereocenters. The third-order valence-corrected chi connectivity index (χ3v) is 6.58. The number of hydrogen-bond donors (Lipinski definition) is 0. The standard InChI is InChI=1S/C23H30N2O3S/c1-18-8-9-19(2)22(16-18)25(29(3,27)28)17-20-10-12-21(13-11-20)23(26)24-14-6-4-5-7-15-24/h8-13,16H,4-7,14-15,17H2,1-3H3. The molecule has 156 valence electrons. The molecule has 5 nitrogen and oxygen atoms in total. The number of nitrogens with zero attached hydrogens (tertiary/aromatic N) is 2. The van der Waals surface area contributed by atoms with Crippen molar-refractivity contribution in [2.24, 2.45) is 0 Å². The fraction of sp³-hybridized carbons (Fsp3) is 0.435. The minimum absolute atomic E-state index is 0.0629. The van der Waals surface area contributed by atoms with Crippen molar-refractivity contribution in [3.63, 3.8) is 0 Å². The zero-order chi connectivity index (χ0) is 21.0. The van der Waals surface area contributed by atoms with E-state index < -0.39 is 10.0 Å². The van der Waals surface area contributed by atoms with Crippen LogP contribution in [-0.2, 0) is 16.6 Å². The molecule has 1 aliphatic rings. The van der Waals surface area contributed by atoms with Crippen molar-refractivity contribution in [3.8, 4) is 0 Å². The van der Waals surface area contributed by atoms with E-state index in [1.54, 1.807) is 0 Å². The molecule has 0 aliphatic carbocycles. The van der Waals surface area contributed by atoms with Crippen LogP contribution in [0, 0.1) is 13.8 Å². The molecule has 6 heteroatoms. The summed E-state index contributed by atoms with van der Waals surface area (Å²) < 4.78 is 26.4. The Morgan fingerprint density at radius 2 is 1.59 bits per heavy atom. The fourth-order valence-corrected chi connectivity index (χ4v) is 4.68. The highest BCUT2D eigenvalue weighted by molar-refractivity contribution is 7.92. The summed E-state index contributed by atoms with van der Waals surface area (Å²) in [5, 5.41) is 0. The van der Waals surface area contributed by atoms with E-state index >= 15 is 0 Å². The smallest absolute Gasteiger partial charge is 0.253 e. The first-order valence-electron chi connectivity index (χ1n) is 10.2. The third-order valence-electron chi connectivity index (χ3n) is 5.45. The highest BCUT2D eigenvalue weighted by atomic mass is 32.2. The van der Waals surface area contributed by atoms with E-state index in [2.05, 4.69) is 0 Å². The van der Waals surface area contributed by atoms with Crippen molar-refractivity contribution < 1.29 is 13.2 Å². The Bertz CT molecular complexity index is 960. The van der Waals surface area contributed by atoms with Gasteiger partial charge in [-0.2, -0.15) is 0 Å². The lowest BCUT2D eigenvalue weighted by Crippen LogP contribution is -2.32. The molecule has 1 saturated heterocycles. The number of likely N-dealkylation sites (tertiary alicyclic amines) is 1. The molecule has 1 fully saturated rings. The number of carbonyl (C=O) groups excluding carboxylic acids is 1. The van der Waals surface area contributed by atoms with Gasteiger partial charge < -0.3 is 4.90 Å². The maximum absolute atomic E-state index is 12.8. The Hall–Kier alpha value is -2.34. The topological polar surface area (TPSA) is 57.7 Å². The molecule has 3 rings (SSSR count). The van der Waals surface area contributed by atoms with Crippen LogP contribution < -0.4 is 4.31 Å². The van der Waals surface area contributed by atoms with Crippen molar-refractivity contribution >= 4 is 21.6 Å². The Kier molecular flexibility index (Phi) is 6.63. The number of hydrogen-bond acceptors (Lipinski definition) is 3. The van der Waals surface area contributed by atoms with E-state index in [-0.39, 0.29) is 12.5 Å². The number of amides is 1. The second kappa shape index (κ2) is 8.99.